The minimum absolute atomic E-state index is 0.0777. The number of nitrogens with zero attached hydrogens (tertiary/aromatic N) is 1. The molecule has 0 aromatic heterocycles. The average molecular weight is 268 g/mol. The first-order chi connectivity index (χ1) is 9.72. The number of benzene rings is 2. The van der Waals surface area contributed by atoms with Crippen LogP contribution in [0.5, 0.6) is 0 Å². The highest BCUT2D eigenvalue weighted by Gasteiger charge is 2.17. The van der Waals surface area contributed by atoms with E-state index >= 15 is 0 Å². The minimum Gasteiger partial charge on any atom is -0.371 e. The lowest BCUT2D eigenvalue weighted by Crippen LogP contribution is -2.33. The largest absolute Gasteiger partial charge is 0.371 e. The first kappa shape index (κ1) is 14.6. The van der Waals surface area contributed by atoms with E-state index in [-0.39, 0.29) is 6.04 Å². The third-order valence-electron chi connectivity index (χ3n) is 3.81. The van der Waals surface area contributed by atoms with Crippen molar-refractivity contribution < 1.29 is 0 Å². The molecule has 2 aromatic rings. The SMILES string of the molecule is CCN(CC(C)C(N)c1ccccc1)c1ccccc1. The monoisotopic (exact) mass is 268 g/mol. The average Bonchev–Trinajstić information content (AvgIpc) is 2.53. The smallest absolute Gasteiger partial charge is 0.0366 e. The molecule has 0 saturated heterocycles. The van der Waals surface area contributed by atoms with Crippen molar-refractivity contribution in [3.05, 3.63) is 66.2 Å². The Bertz CT molecular complexity index is 495. The first-order valence-electron chi connectivity index (χ1n) is 7.33. The highest BCUT2D eigenvalue weighted by atomic mass is 15.1. The van der Waals surface area contributed by atoms with Crippen molar-refractivity contribution in [1.82, 2.24) is 0 Å². The standard InChI is InChI=1S/C18H24N2/c1-3-20(17-12-8-5-9-13-17)14-15(2)18(19)16-10-6-4-7-11-16/h4-13,15,18H,3,14,19H2,1-2H3. The van der Waals surface area contributed by atoms with Gasteiger partial charge in [-0.25, -0.2) is 0 Å². The predicted molar refractivity (Wildman–Crippen MR) is 86.9 cm³/mol. The molecule has 0 aliphatic carbocycles. The van der Waals surface area contributed by atoms with Crippen molar-refractivity contribution >= 4 is 5.69 Å². The molecule has 0 saturated carbocycles. The summed E-state index contributed by atoms with van der Waals surface area (Å²) < 4.78 is 0. The van der Waals surface area contributed by atoms with Crippen molar-refractivity contribution in [1.29, 1.82) is 0 Å². The highest BCUT2D eigenvalue weighted by Crippen LogP contribution is 2.22. The van der Waals surface area contributed by atoms with Crippen LogP contribution in [-0.4, -0.2) is 13.1 Å². The Balaban J connectivity index is 2.04. The minimum atomic E-state index is 0.0777. The molecule has 0 heterocycles. The van der Waals surface area contributed by atoms with Crippen LogP contribution in [-0.2, 0) is 0 Å². The van der Waals surface area contributed by atoms with Crippen LogP contribution in [0.4, 0.5) is 5.69 Å². The molecule has 0 fully saturated rings. The molecule has 20 heavy (non-hydrogen) atoms. The molecule has 0 amide bonds. The number of hydrogen-bond acceptors (Lipinski definition) is 2. The Kier molecular flexibility index (Phi) is 5.19. The second kappa shape index (κ2) is 7.11. The zero-order valence-corrected chi connectivity index (χ0v) is 12.4. The summed E-state index contributed by atoms with van der Waals surface area (Å²) in [5.74, 6) is 0.401. The predicted octanol–water partition coefficient (Wildman–Crippen LogP) is 3.85. The fourth-order valence-electron chi connectivity index (χ4n) is 2.52. The van der Waals surface area contributed by atoms with Gasteiger partial charge in [-0.2, -0.15) is 0 Å². The molecule has 0 spiro atoms. The Hall–Kier alpha value is -1.80. The molecule has 2 heteroatoms. The number of nitrogens with two attached hydrogens (primary N) is 1. The lowest BCUT2D eigenvalue weighted by atomic mass is 9.95. The number of anilines is 1. The summed E-state index contributed by atoms with van der Waals surface area (Å²) in [6, 6.07) is 21.0. The van der Waals surface area contributed by atoms with Gasteiger partial charge in [-0.3, -0.25) is 0 Å². The van der Waals surface area contributed by atoms with E-state index in [0.29, 0.717) is 5.92 Å². The van der Waals surface area contributed by atoms with Gasteiger partial charge in [0.15, 0.2) is 0 Å². The molecule has 2 aromatic carbocycles. The van der Waals surface area contributed by atoms with E-state index in [2.05, 4.69) is 73.3 Å². The number of hydrogen-bond donors (Lipinski definition) is 1. The third-order valence-corrected chi connectivity index (χ3v) is 3.81. The second-order valence-corrected chi connectivity index (χ2v) is 5.29. The molecule has 106 valence electrons. The Morgan fingerprint density at radius 3 is 2.05 bits per heavy atom. The van der Waals surface area contributed by atoms with E-state index in [1.165, 1.54) is 11.3 Å². The Labute approximate surface area is 122 Å². The van der Waals surface area contributed by atoms with E-state index in [1.54, 1.807) is 0 Å². The summed E-state index contributed by atoms with van der Waals surface area (Å²) >= 11 is 0. The molecular formula is C18H24N2. The molecule has 0 bridgehead atoms. The van der Waals surface area contributed by atoms with Crippen LogP contribution in [0.3, 0.4) is 0 Å². The third kappa shape index (κ3) is 3.61. The van der Waals surface area contributed by atoms with Gasteiger partial charge in [0.25, 0.3) is 0 Å². The topological polar surface area (TPSA) is 29.3 Å². The van der Waals surface area contributed by atoms with Gasteiger partial charge in [0, 0.05) is 24.8 Å². The van der Waals surface area contributed by atoms with Crippen molar-refractivity contribution in [3.8, 4) is 0 Å². The molecule has 0 aliphatic heterocycles. The molecule has 2 rings (SSSR count). The summed E-state index contributed by atoms with van der Waals surface area (Å²) in [5.41, 5.74) is 8.87. The zero-order valence-electron chi connectivity index (χ0n) is 12.4. The Morgan fingerprint density at radius 1 is 0.950 bits per heavy atom. The fraction of sp³-hybridized carbons (Fsp3) is 0.333. The van der Waals surface area contributed by atoms with Gasteiger partial charge in [-0.05, 0) is 30.5 Å². The molecule has 2 nitrogen and oxygen atoms in total. The summed E-state index contributed by atoms with van der Waals surface area (Å²) in [4.78, 5) is 2.38. The second-order valence-electron chi connectivity index (χ2n) is 5.29. The van der Waals surface area contributed by atoms with Crippen molar-refractivity contribution in [2.45, 2.75) is 19.9 Å². The van der Waals surface area contributed by atoms with E-state index in [0.717, 1.165) is 13.1 Å². The summed E-state index contributed by atoms with van der Waals surface area (Å²) in [7, 11) is 0. The van der Waals surface area contributed by atoms with E-state index in [9.17, 15) is 0 Å². The van der Waals surface area contributed by atoms with Crippen molar-refractivity contribution in [3.63, 3.8) is 0 Å². The lowest BCUT2D eigenvalue weighted by molar-refractivity contribution is 0.466. The van der Waals surface area contributed by atoms with Crippen LogP contribution < -0.4 is 10.6 Å². The van der Waals surface area contributed by atoms with Gasteiger partial charge in [0.05, 0.1) is 0 Å². The maximum absolute atomic E-state index is 6.39. The quantitative estimate of drug-likeness (QED) is 0.862. The number of para-hydroxylation sites is 1. The van der Waals surface area contributed by atoms with Crippen LogP contribution >= 0.6 is 0 Å². The van der Waals surface area contributed by atoms with E-state index in [1.807, 2.05) is 6.07 Å². The summed E-state index contributed by atoms with van der Waals surface area (Å²) in [6.07, 6.45) is 0. The first-order valence-corrected chi connectivity index (χ1v) is 7.33. The molecule has 2 atom stereocenters. The van der Waals surface area contributed by atoms with Crippen LogP contribution in [0.15, 0.2) is 60.7 Å². The highest BCUT2D eigenvalue weighted by molar-refractivity contribution is 5.45. The van der Waals surface area contributed by atoms with Gasteiger partial charge in [-0.1, -0.05) is 55.5 Å². The maximum Gasteiger partial charge on any atom is 0.0366 e. The van der Waals surface area contributed by atoms with Crippen molar-refractivity contribution in [2.75, 3.05) is 18.0 Å². The molecular weight excluding hydrogens is 244 g/mol. The van der Waals surface area contributed by atoms with Gasteiger partial charge < -0.3 is 10.6 Å². The molecule has 2 N–H and O–H groups in total. The molecule has 0 aliphatic rings. The molecule has 2 unspecified atom stereocenters. The van der Waals surface area contributed by atoms with Gasteiger partial charge >= 0.3 is 0 Å². The van der Waals surface area contributed by atoms with Crippen LogP contribution in [0.1, 0.15) is 25.5 Å². The van der Waals surface area contributed by atoms with E-state index < -0.39 is 0 Å². The van der Waals surface area contributed by atoms with Crippen LogP contribution in [0, 0.1) is 5.92 Å². The number of rotatable bonds is 6. The normalized spacial score (nSPS) is 13.8. The summed E-state index contributed by atoms with van der Waals surface area (Å²) in [5, 5.41) is 0. The molecule has 0 radical (unpaired) electrons. The van der Waals surface area contributed by atoms with Crippen molar-refractivity contribution in [2.24, 2.45) is 11.7 Å². The van der Waals surface area contributed by atoms with Gasteiger partial charge in [-0.15, -0.1) is 0 Å². The van der Waals surface area contributed by atoms with E-state index in [4.69, 9.17) is 5.73 Å². The zero-order chi connectivity index (χ0) is 14.4. The van der Waals surface area contributed by atoms with Gasteiger partial charge in [0.2, 0.25) is 0 Å². The Morgan fingerprint density at radius 2 is 1.50 bits per heavy atom. The lowest BCUT2D eigenvalue weighted by Gasteiger charge is -2.29. The van der Waals surface area contributed by atoms with Crippen LogP contribution in [0.25, 0.3) is 0 Å². The van der Waals surface area contributed by atoms with Crippen LogP contribution in [0.2, 0.25) is 0 Å². The fourth-order valence-corrected chi connectivity index (χ4v) is 2.52. The summed E-state index contributed by atoms with van der Waals surface area (Å²) in [6.45, 7) is 6.38. The maximum atomic E-state index is 6.39. The van der Waals surface area contributed by atoms with Gasteiger partial charge in [0.1, 0.15) is 0 Å².